The van der Waals surface area contributed by atoms with Gasteiger partial charge in [0, 0.05) is 50.0 Å². The number of nitrogens with zero attached hydrogens (tertiary/aromatic N) is 3. The quantitative estimate of drug-likeness (QED) is 0.744. The topological polar surface area (TPSA) is 56.3 Å². The molecule has 1 unspecified atom stereocenters. The first-order valence-electron chi connectivity index (χ1n) is 8.94. The summed E-state index contributed by atoms with van der Waals surface area (Å²) in [5.41, 5.74) is 11.0. The molecular weight excluding hydrogens is 324 g/mol. The van der Waals surface area contributed by atoms with E-state index in [4.69, 9.17) is 10.5 Å². The SMILES string of the molecule is Cn1cc(CN2Cc3c(OCc4ccccc4)cccc3C2CN)cn1. The second kappa shape index (κ2) is 7.32. The van der Waals surface area contributed by atoms with Gasteiger partial charge >= 0.3 is 0 Å². The molecule has 3 aromatic rings. The molecule has 134 valence electrons. The van der Waals surface area contributed by atoms with E-state index in [1.807, 2.05) is 36.1 Å². The lowest BCUT2D eigenvalue weighted by atomic mass is 10.0. The summed E-state index contributed by atoms with van der Waals surface area (Å²) >= 11 is 0. The third-order valence-electron chi connectivity index (χ3n) is 4.93. The molecule has 0 bridgehead atoms. The monoisotopic (exact) mass is 348 g/mol. The van der Waals surface area contributed by atoms with E-state index in [1.54, 1.807) is 0 Å². The Morgan fingerprint density at radius 2 is 1.96 bits per heavy atom. The minimum atomic E-state index is 0.213. The van der Waals surface area contributed by atoms with E-state index in [1.165, 1.54) is 22.3 Å². The Labute approximate surface area is 154 Å². The molecule has 0 aliphatic carbocycles. The van der Waals surface area contributed by atoms with E-state index >= 15 is 0 Å². The lowest BCUT2D eigenvalue weighted by Crippen LogP contribution is -2.27. The predicted molar refractivity (Wildman–Crippen MR) is 101 cm³/mol. The summed E-state index contributed by atoms with van der Waals surface area (Å²) in [7, 11) is 1.94. The van der Waals surface area contributed by atoms with Gasteiger partial charge in [0.05, 0.1) is 6.20 Å². The van der Waals surface area contributed by atoms with Crippen LogP contribution >= 0.6 is 0 Å². The van der Waals surface area contributed by atoms with Gasteiger partial charge in [-0.2, -0.15) is 5.10 Å². The largest absolute Gasteiger partial charge is 0.489 e. The molecule has 5 nitrogen and oxygen atoms in total. The Bertz CT molecular complexity index is 875. The number of benzene rings is 2. The van der Waals surface area contributed by atoms with Crippen molar-refractivity contribution in [3.05, 3.63) is 83.2 Å². The van der Waals surface area contributed by atoms with Crippen LogP contribution in [0.2, 0.25) is 0 Å². The van der Waals surface area contributed by atoms with Crippen LogP contribution in [0, 0.1) is 0 Å². The predicted octanol–water partition coefficient (Wildman–Crippen LogP) is 3.01. The van der Waals surface area contributed by atoms with Gasteiger partial charge < -0.3 is 10.5 Å². The van der Waals surface area contributed by atoms with Crippen LogP contribution in [-0.2, 0) is 26.7 Å². The summed E-state index contributed by atoms with van der Waals surface area (Å²) in [6.07, 6.45) is 3.98. The second-order valence-electron chi connectivity index (χ2n) is 6.78. The number of rotatable bonds is 6. The molecule has 0 saturated heterocycles. The highest BCUT2D eigenvalue weighted by Crippen LogP contribution is 2.39. The van der Waals surface area contributed by atoms with Crippen molar-refractivity contribution in [3.63, 3.8) is 0 Å². The van der Waals surface area contributed by atoms with Gasteiger partial charge in [-0.3, -0.25) is 9.58 Å². The van der Waals surface area contributed by atoms with Crippen LogP contribution in [0.3, 0.4) is 0 Å². The Morgan fingerprint density at radius 3 is 2.69 bits per heavy atom. The van der Waals surface area contributed by atoms with E-state index in [0.29, 0.717) is 13.2 Å². The summed E-state index contributed by atoms with van der Waals surface area (Å²) in [5, 5.41) is 4.27. The highest BCUT2D eigenvalue weighted by Gasteiger charge is 2.31. The van der Waals surface area contributed by atoms with Crippen LogP contribution in [0.25, 0.3) is 0 Å². The third-order valence-corrected chi connectivity index (χ3v) is 4.93. The molecule has 1 aliphatic rings. The first-order chi connectivity index (χ1) is 12.7. The Balaban J connectivity index is 1.54. The highest BCUT2D eigenvalue weighted by atomic mass is 16.5. The molecule has 26 heavy (non-hydrogen) atoms. The molecule has 4 rings (SSSR count). The molecule has 0 radical (unpaired) electrons. The lowest BCUT2D eigenvalue weighted by Gasteiger charge is -2.22. The van der Waals surface area contributed by atoms with Crippen LogP contribution in [0.4, 0.5) is 0 Å². The standard InChI is InChI=1S/C21H24N4O/c1-24-12-17(11-23-24)13-25-14-19-18(20(25)10-22)8-5-9-21(19)26-15-16-6-3-2-4-7-16/h2-9,11-12,20H,10,13-15,22H2,1H3. The van der Waals surface area contributed by atoms with E-state index in [0.717, 1.165) is 18.8 Å². The van der Waals surface area contributed by atoms with Crippen LogP contribution < -0.4 is 10.5 Å². The zero-order chi connectivity index (χ0) is 17.9. The van der Waals surface area contributed by atoms with Gasteiger partial charge in [-0.25, -0.2) is 0 Å². The Kier molecular flexibility index (Phi) is 4.73. The van der Waals surface area contributed by atoms with Crippen LogP contribution in [0.5, 0.6) is 5.75 Å². The summed E-state index contributed by atoms with van der Waals surface area (Å²) in [5.74, 6) is 0.957. The van der Waals surface area contributed by atoms with Gasteiger partial charge in [0.1, 0.15) is 12.4 Å². The van der Waals surface area contributed by atoms with Crippen molar-refractivity contribution in [3.8, 4) is 5.75 Å². The molecular formula is C21H24N4O. The molecule has 2 heterocycles. The molecule has 2 aromatic carbocycles. The third kappa shape index (κ3) is 3.36. The van der Waals surface area contributed by atoms with Crippen molar-refractivity contribution >= 4 is 0 Å². The van der Waals surface area contributed by atoms with Crippen LogP contribution in [0.1, 0.15) is 28.3 Å². The molecule has 0 spiro atoms. The first kappa shape index (κ1) is 16.8. The minimum Gasteiger partial charge on any atom is -0.489 e. The number of fused-ring (bicyclic) bond motifs is 1. The number of hydrogen-bond acceptors (Lipinski definition) is 4. The summed E-state index contributed by atoms with van der Waals surface area (Å²) in [6, 6.07) is 16.8. The number of hydrogen-bond donors (Lipinski definition) is 1. The molecule has 0 amide bonds. The first-order valence-corrected chi connectivity index (χ1v) is 8.94. The molecule has 1 aromatic heterocycles. The smallest absolute Gasteiger partial charge is 0.124 e. The van der Waals surface area contributed by atoms with Crippen molar-refractivity contribution in [1.29, 1.82) is 0 Å². The lowest BCUT2D eigenvalue weighted by molar-refractivity contribution is 0.209. The Morgan fingerprint density at radius 1 is 1.12 bits per heavy atom. The number of aromatic nitrogens is 2. The van der Waals surface area contributed by atoms with Gasteiger partial charge in [-0.15, -0.1) is 0 Å². The van der Waals surface area contributed by atoms with Gasteiger partial charge in [0.25, 0.3) is 0 Å². The fourth-order valence-electron chi connectivity index (χ4n) is 3.67. The molecule has 1 atom stereocenters. The summed E-state index contributed by atoms with van der Waals surface area (Å²) in [6.45, 7) is 2.85. The van der Waals surface area contributed by atoms with E-state index < -0.39 is 0 Å². The minimum absolute atomic E-state index is 0.213. The highest BCUT2D eigenvalue weighted by molar-refractivity contribution is 5.45. The normalized spacial score (nSPS) is 16.6. The molecule has 0 fully saturated rings. The maximum atomic E-state index is 6.15. The number of nitrogens with two attached hydrogens (primary N) is 1. The van der Waals surface area contributed by atoms with Gasteiger partial charge in [-0.05, 0) is 17.2 Å². The fourth-order valence-corrected chi connectivity index (χ4v) is 3.67. The number of aryl methyl sites for hydroxylation is 1. The van der Waals surface area contributed by atoms with Gasteiger partial charge in [0.2, 0.25) is 0 Å². The van der Waals surface area contributed by atoms with Crippen molar-refractivity contribution < 1.29 is 4.74 Å². The zero-order valence-electron chi connectivity index (χ0n) is 15.0. The molecule has 0 saturated carbocycles. The molecule has 5 heteroatoms. The van der Waals surface area contributed by atoms with Crippen LogP contribution in [-0.4, -0.2) is 21.2 Å². The second-order valence-corrected chi connectivity index (χ2v) is 6.78. The Hall–Kier alpha value is -2.63. The van der Waals surface area contributed by atoms with Gasteiger partial charge in [0.15, 0.2) is 0 Å². The number of ether oxygens (including phenoxy) is 1. The van der Waals surface area contributed by atoms with E-state index in [9.17, 15) is 0 Å². The van der Waals surface area contributed by atoms with E-state index in [-0.39, 0.29) is 6.04 Å². The maximum absolute atomic E-state index is 6.15. The van der Waals surface area contributed by atoms with Crippen molar-refractivity contribution in [1.82, 2.24) is 14.7 Å². The molecule has 2 N–H and O–H groups in total. The van der Waals surface area contributed by atoms with E-state index in [2.05, 4.69) is 46.5 Å². The van der Waals surface area contributed by atoms with Crippen molar-refractivity contribution in [2.24, 2.45) is 12.8 Å². The summed E-state index contributed by atoms with van der Waals surface area (Å²) < 4.78 is 7.98. The van der Waals surface area contributed by atoms with Crippen LogP contribution in [0.15, 0.2) is 60.9 Å². The van der Waals surface area contributed by atoms with Crippen molar-refractivity contribution in [2.75, 3.05) is 6.54 Å². The average Bonchev–Trinajstić information content (AvgIpc) is 3.23. The molecule has 1 aliphatic heterocycles. The maximum Gasteiger partial charge on any atom is 0.124 e. The fraction of sp³-hybridized carbons (Fsp3) is 0.286. The van der Waals surface area contributed by atoms with Crippen molar-refractivity contribution in [2.45, 2.75) is 25.7 Å². The van der Waals surface area contributed by atoms with Gasteiger partial charge in [-0.1, -0.05) is 42.5 Å². The average molecular weight is 348 g/mol. The summed E-state index contributed by atoms with van der Waals surface area (Å²) in [4.78, 5) is 2.40. The zero-order valence-corrected chi connectivity index (χ0v) is 15.0.